The molecule has 2 aliphatic rings. The minimum Gasteiger partial charge on any atom is -0.447 e. The van der Waals surface area contributed by atoms with Gasteiger partial charge in [-0.3, -0.25) is 14.7 Å². The van der Waals surface area contributed by atoms with E-state index in [9.17, 15) is 9.59 Å². The van der Waals surface area contributed by atoms with E-state index < -0.39 is 0 Å². The van der Waals surface area contributed by atoms with Crippen molar-refractivity contribution in [2.45, 2.75) is 18.8 Å². The first kappa shape index (κ1) is 15.7. The average molecular weight is 320 g/mol. The Bertz CT molecular complexity index is 577. The molecule has 2 fully saturated rings. The lowest BCUT2D eigenvalue weighted by molar-refractivity contribution is -0.136. The van der Waals surface area contributed by atoms with Crippen LogP contribution >= 0.6 is 0 Å². The van der Waals surface area contributed by atoms with Crippen molar-refractivity contribution < 1.29 is 19.1 Å². The molecular formula is C15H20N4O4. The van der Waals surface area contributed by atoms with Gasteiger partial charge in [0.05, 0.1) is 24.6 Å². The molecule has 1 aromatic rings. The first-order valence-corrected chi connectivity index (χ1v) is 7.72. The van der Waals surface area contributed by atoms with E-state index in [0.717, 1.165) is 25.1 Å². The quantitative estimate of drug-likeness (QED) is 0.815. The van der Waals surface area contributed by atoms with E-state index in [4.69, 9.17) is 9.47 Å². The molecule has 0 bridgehead atoms. The van der Waals surface area contributed by atoms with Gasteiger partial charge in [0, 0.05) is 26.1 Å². The number of methoxy groups -OCH3 is 1. The molecular weight excluding hydrogens is 300 g/mol. The van der Waals surface area contributed by atoms with Crippen LogP contribution in [0.3, 0.4) is 0 Å². The van der Waals surface area contributed by atoms with Gasteiger partial charge in [0.25, 0.3) is 0 Å². The lowest BCUT2D eigenvalue weighted by atomic mass is 9.95. The van der Waals surface area contributed by atoms with Crippen molar-refractivity contribution in [1.82, 2.24) is 14.9 Å². The van der Waals surface area contributed by atoms with Crippen LogP contribution < -0.4 is 4.90 Å². The first-order chi connectivity index (χ1) is 11.2. The highest BCUT2D eigenvalue weighted by atomic mass is 16.6. The Morgan fingerprint density at radius 1 is 1.39 bits per heavy atom. The van der Waals surface area contributed by atoms with E-state index in [1.54, 1.807) is 12.4 Å². The second-order valence-electron chi connectivity index (χ2n) is 5.68. The summed E-state index contributed by atoms with van der Waals surface area (Å²) >= 11 is 0. The van der Waals surface area contributed by atoms with Crippen LogP contribution in [0.2, 0.25) is 0 Å². The maximum atomic E-state index is 11.9. The van der Waals surface area contributed by atoms with Crippen LogP contribution in [0, 0.1) is 0 Å². The van der Waals surface area contributed by atoms with Gasteiger partial charge in [-0.1, -0.05) is 0 Å². The number of carbonyl (C=O) groups excluding carboxylic acids is 2. The molecule has 0 aromatic carbocycles. The smallest absolute Gasteiger partial charge is 0.415 e. The second-order valence-corrected chi connectivity index (χ2v) is 5.68. The summed E-state index contributed by atoms with van der Waals surface area (Å²) < 4.78 is 9.81. The van der Waals surface area contributed by atoms with Crippen LogP contribution in [0.25, 0.3) is 0 Å². The zero-order valence-electron chi connectivity index (χ0n) is 13.1. The zero-order chi connectivity index (χ0) is 16.2. The maximum Gasteiger partial charge on any atom is 0.415 e. The van der Waals surface area contributed by atoms with E-state index in [2.05, 4.69) is 9.97 Å². The molecule has 124 valence electrons. The van der Waals surface area contributed by atoms with E-state index in [1.807, 2.05) is 4.90 Å². The summed E-state index contributed by atoms with van der Waals surface area (Å²) in [6.07, 6.45) is 4.80. The third-order valence-electron chi connectivity index (χ3n) is 4.16. The number of piperidine rings is 1. The standard InChI is InChI=1S/C15H20N4O4/c1-22-10-14(20)18-4-2-3-11(9-18)12-7-17-13(8-16-12)19-5-6-23-15(19)21/h7-8,11H,2-6,9-10H2,1H3/t11-/m0/s1. The van der Waals surface area contributed by atoms with Crippen molar-refractivity contribution >= 4 is 17.8 Å². The molecule has 2 saturated heterocycles. The second kappa shape index (κ2) is 6.91. The number of carbonyl (C=O) groups is 2. The molecule has 0 radical (unpaired) electrons. The minimum absolute atomic E-state index is 0.00147. The third-order valence-corrected chi connectivity index (χ3v) is 4.16. The summed E-state index contributed by atoms with van der Waals surface area (Å²) in [5, 5.41) is 0. The predicted molar refractivity (Wildman–Crippen MR) is 81.2 cm³/mol. The Balaban J connectivity index is 1.67. The molecule has 8 nitrogen and oxygen atoms in total. The van der Waals surface area contributed by atoms with Crippen molar-refractivity contribution in [2.24, 2.45) is 0 Å². The lowest BCUT2D eigenvalue weighted by Crippen LogP contribution is -2.41. The lowest BCUT2D eigenvalue weighted by Gasteiger charge is -2.32. The SMILES string of the molecule is COCC(=O)N1CCC[C@H](c2cnc(N3CCOC3=O)cn2)C1. The van der Waals surface area contributed by atoms with Gasteiger partial charge in [-0.2, -0.15) is 0 Å². The molecule has 23 heavy (non-hydrogen) atoms. The number of hydrogen-bond acceptors (Lipinski definition) is 6. The Kier molecular flexibility index (Phi) is 4.71. The van der Waals surface area contributed by atoms with Gasteiger partial charge in [-0.25, -0.2) is 9.78 Å². The van der Waals surface area contributed by atoms with Crippen LogP contribution in [0.15, 0.2) is 12.4 Å². The van der Waals surface area contributed by atoms with Gasteiger partial charge in [-0.15, -0.1) is 0 Å². The molecule has 2 aliphatic heterocycles. The number of hydrogen-bond donors (Lipinski definition) is 0. The van der Waals surface area contributed by atoms with Crippen molar-refractivity contribution in [3.63, 3.8) is 0 Å². The number of anilines is 1. The van der Waals surface area contributed by atoms with Crippen LogP contribution in [0.5, 0.6) is 0 Å². The Labute approximate surface area is 134 Å². The van der Waals surface area contributed by atoms with E-state index in [0.29, 0.717) is 25.5 Å². The molecule has 1 atom stereocenters. The number of cyclic esters (lactones) is 1. The van der Waals surface area contributed by atoms with E-state index in [1.165, 1.54) is 12.0 Å². The van der Waals surface area contributed by atoms with Crippen molar-refractivity contribution in [2.75, 3.05) is 44.9 Å². The number of ether oxygens (including phenoxy) is 2. The molecule has 2 amide bonds. The number of amides is 2. The molecule has 3 heterocycles. The summed E-state index contributed by atoms with van der Waals surface area (Å²) in [6, 6.07) is 0. The normalized spacial score (nSPS) is 21.4. The minimum atomic E-state index is -0.388. The van der Waals surface area contributed by atoms with Crippen LogP contribution in [-0.2, 0) is 14.3 Å². The molecule has 3 rings (SSSR count). The average Bonchev–Trinajstić information content (AvgIpc) is 3.01. The van der Waals surface area contributed by atoms with E-state index >= 15 is 0 Å². The highest BCUT2D eigenvalue weighted by molar-refractivity contribution is 5.87. The van der Waals surface area contributed by atoms with E-state index in [-0.39, 0.29) is 24.5 Å². The summed E-state index contributed by atoms with van der Waals surface area (Å²) in [5.74, 6) is 0.664. The van der Waals surface area contributed by atoms with Crippen LogP contribution in [0.4, 0.5) is 10.6 Å². The third kappa shape index (κ3) is 3.42. The van der Waals surface area contributed by atoms with Gasteiger partial charge in [0.2, 0.25) is 5.91 Å². The highest BCUT2D eigenvalue weighted by Crippen LogP contribution is 2.26. The van der Waals surface area contributed by atoms with Crippen LogP contribution in [-0.4, -0.2) is 66.8 Å². The highest BCUT2D eigenvalue weighted by Gasteiger charge is 2.27. The van der Waals surface area contributed by atoms with Crippen LogP contribution in [0.1, 0.15) is 24.5 Å². The summed E-state index contributed by atoms with van der Waals surface area (Å²) in [4.78, 5) is 35.5. The Hall–Kier alpha value is -2.22. The molecule has 0 spiro atoms. The monoisotopic (exact) mass is 320 g/mol. The topological polar surface area (TPSA) is 84.9 Å². The fourth-order valence-corrected chi connectivity index (χ4v) is 2.94. The Morgan fingerprint density at radius 2 is 2.26 bits per heavy atom. The molecule has 0 N–H and O–H groups in total. The van der Waals surface area contributed by atoms with Gasteiger partial charge in [-0.05, 0) is 12.8 Å². The number of likely N-dealkylation sites (tertiary alicyclic amines) is 1. The summed E-state index contributed by atoms with van der Waals surface area (Å²) in [5.41, 5.74) is 0.844. The fourth-order valence-electron chi connectivity index (χ4n) is 2.94. The molecule has 0 aliphatic carbocycles. The van der Waals surface area contributed by atoms with Crippen molar-refractivity contribution in [3.05, 3.63) is 18.1 Å². The zero-order valence-corrected chi connectivity index (χ0v) is 13.1. The molecule has 8 heteroatoms. The molecule has 0 saturated carbocycles. The maximum absolute atomic E-state index is 11.9. The fraction of sp³-hybridized carbons (Fsp3) is 0.600. The molecule has 1 aromatic heterocycles. The van der Waals surface area contributed by atoms with Crippen molar-refractivity contribution in [3.8, 4) is 0 Å². The predicted octanol–water partition coefficient (Wildman–Crippen LogP) is 0.786. The van der Waals surface area contributed by atoms with Gasteiger partial charge in [0.1, 0.15) is 13.2 Å². The summed E-state index contributed by atoms with van der Waals surface area (Å²) in [6.45, 7) is 2.36. The summed E-state index contributed by atoms with van der Waals surface area (Å²) in [7, 11) is 1.52. The Morgan fingerprint density at radius 3 is 2.91 bits per heavy atom. The number of rotatable bonds is 4. The van der Waals surface area contributed by atoms with Gasteiger partial charge < -0.3 is 14.4 Å². The van der Waals surface area contributed by atoms with Gasteiger partial charge >= 0.3 is 6.09 Å². The first-order valence-electron chi connectivity index (χ1n) is 7.72. The van der Waals surface area contributed by atoms with Crippen molar-refractivity contribution in [1.29, 1.82) is 0 Å². The number of aromatic nitrogens is 2. The number of nitrogens with zero attached hydrogens (tertiary/aromatic N) is 4. The molecule has 0 unspecified atom stereocenters. The van der Waals surface area contributed by atoms with Gasteiger partial charge in [0.15, 0.2) is 5.82 Å². The largest absolute Gasteiger partial charge is 0.447 e.